The second-order valence-corrected chi connectivity index (χ2v) is 4.50. The minimum Gasteiger partial charge on any atom is -0.324 e. The van der Waals surface area contributed by atoms with Gasteiger partial charge in [-0.05, 0) is 6.42 Å². The first-order valence-corrected chi connectivity index (χ1v) is 4.94. The number of nitrogens with two attached hydrogens (primary N) is 1. The molecule has 0 aliphatic carbocycles. The Morgan fingerprint density at radius 3 is 2.50 bits per heavy atom. The highest BCUT2D eigenvalue weighted by atomic mass is 32.1. The van der Waals surface area contributed by atoms with E-state index >= 15 is 0 Å². The third kappa shape index (κ3) is 1.81. The summed E-state index contributed by atoms with van der Waals surface area (Å²) in [6, 6.07) is 0. The number of rotatable bonds is 3. The van der Waals surface area contributed by atoms with E-state index in [1.165, 1.54) is 0 Å². The summed E-state index contributed by atoms with van der Waals surface area (Å²) in [6.45, 7) is 7.00. The minimum atomic E-state index is 0.144. The van der Waals surface area contributed by atoms with Gasteiger partial charge in [-0.1, -0.05) is 32.1 Å². The van der Waals surface area contributed by atoms with Crippen LogP contribution < -0.4 is 5.73 Å². The van der Waals surface area contributed by atoms with Crippen molar-refractivity contribution in [1.29, 1.82) is 0 Å². The summed E-state index contributed by atoms with van der Waals surface area (Å²) in [4.78, 5) is 0. The van der Waals surface area contributed by atoms with Crippen LogP contribution in [-0.4, -0.2) is 10.2 Å². The zero-order valence-corrected chi connectivity index (χ0v) is 8.61. The van der Waals surface area contributed by atoms with E-state index < -0.39 is 0 Å². The quantitative estimate of drug-likeness (QED) is 0.779. The second kappa shape index (κ2) is 3.49. The van der Waals surface area contributed by atoms with Crippen molar-refractivity contribution in [2.45, 2.75) is 39.2 Å². The number of aromatic nitrogens is 2. The van der Waals surface area contributed by atoms with Crippen LogP contribution in [0.1, 0.15) is 37.2 Å². The first kappa shape index (κ1) is 9.61. The van der Waals surface area contributed by atoms with Crippen molar-refractivity contribution in [3.63, 3.8) is 0 Å². The molecule has 0 aliphatic heterocycles. The Labute approximate surface area is 77.0 Å². The highest BCUT2D eigenvalue weighted by Crippen LogP contribution is 2.28. The zero-order valence-electron chi connectivity index (χ0n) is 7.79. The van der Waals surface area contributed by atoms with Crippen molar-refractivity contribution in [3.05, 3.63) is 10.0 Å². The van der Waals surface area contributed by atoms with Crippen LogP contribution >= 0.6 is 11.3 Å². The summed E-state index contributed by atoms with van der Waals surface area (Å²) in [5.74, 6) is 0. The lowest BCUT2D eigenvalue weighted by atomic mass is 9.91. The lowest BCUT2D eigenvalue weighted by molar-refractivity contribution is 0.498. The van der Waals surface area contributed by atoms with Crippen LogP contribution in [0, 0.1) is 0 Å². The van der Waals surface area contributed by atoms with Crippen molar-refractivity contribution in [2.75, 3.05) is 0 Å². The smallest absolute Gasteiger partial charge is 0.131 e. The van der Waals surface area contributed by atoms with Crippen LogP contribution in [0.5, 0.6) is 0 Å². The monoisotopic (exact) mass is 185 g/mol. The molecule has 4 heteroatoms. The molecular formula is C8H15N3S. The molecule has 0 bridgehead atoms. The molecule has 0 atom stereocenters. The van der Waals surface area contributed by atoms with Crippen molar-refractivity contribution < 1.29 is 0 Å². The fraction of sp³-hybridized carbons (Fsp3) is 0.750. The van der Waals surface area contributed by atoms with Crippen molar-refractivity contribution in [1.82, 2.24) is 10.2 Å². The van der Waals surface area contributed by atoms with Gasteiger partial charge in [0.15, 0.2) is 0 Å². The minimum absolute atomic E-state index is 0.144. The summed E-state index contributed by atoms with van der Waals surface area (Å²) >= 11 is 1.62. The van der Waals surface area contributed by atoms with Gasteiger partial charge in [-0.15, -0.1) is 10.2 Å². The molecule has 0 unspecified atom stereocenters. The summed E-state index contributed by atoms with van der Waals surface area (Å²) < 4.78 is 0. The molecule has 2 N–H and O–H groups in total. The second-order valence-electron chi connectivity index (χ2n) is 3.44. The van der Waals surface area contributed by atoms with Gasteiger partial charge in [0.1, 0.15) is 10.0 Å². The molecule has 0 aliphatic rings. The average molecular weight is 185 g/mol. The molecule has 0 amide bonds. The van der Waals surface area contributed by atoms with Gasteiger partial charge in [0.25, 0.3) is 0 Å². The van der Waals surface area contributed by atoms with Crippen LogP contribution in [-0.2, 0) is 12.0 Å². The molecule has 68 valence electrons. The summed E-state index contributed by atoms with van der Waals surface area (Å²) in [5.41, 5.74) is 5.60. The molecule has 12 heavy (non-hydrogen) atoms. The van der Waals surface area contributed by atoms with Crippen LogP contribution in [0.15, 0.2) is 0 Å². The standard InChI is InChI=1S/C8H15N3S/c1-4-8(2,3)7-11-10-6(5-9)12-7/h4-5,9H2,1-3H3. The lowest BCUT2D eigenvalue weighted by Crippen LogP contribution is -2.14. The normalized spacial score (nSPS) is 12.0. The van der Waals surface area contributed by atoms with Gasteiger partial charge in [0.2, 0.25) is 0 Å². The van der Waals surface area contributed by atoms with Crippen LogP contribution in [0.3, 0.4) is 0 Å². The molecular weight excluding hydrogens is 170 g/mol. The van der Waals surface area contributed by atoms with Gasteiger partial charge in [-0.25, -0.2) is 0 Å². The van der Waals surface area contributed by atoms with E-state index in [4.69, 9.17) is 5.73 Å². The van der Waals surface area contributed by atoms with Crippen LogP contribution in [0.25, 0.3) is 0 Å². The van der Waals surface area contributed by atoms with E-state index in [-0.39, 0.29) is 5.41 Å². The largest absolute Gasteiger partial charge is 0.324 e. The van der Waals surface area contributed by atoms with Gasteiger partial charge >= 0.3 is 0 Å². The van der Waals surface area contributed by atoms with Crippen molar-refractivity contribution in [3.8, 4) is 0 Å². The van der Waals surface area contributed by atoms with E-state index in [1.54, 1.807) is 11.3 Å². The van der Waals surface area contributed by atoms with Crippen LogP contribution in [0.2, 0.25) is 0 Å². The topological polar surface area (TPSA) is 51.8 Å². The predicted molar refractivity (Wildman–Crippen MR) is 51.1 cm³/mol. The van der Waals surface area contributed by atoms with E-state index in [2.05, 4.69) is 31.0 Å². The van der Waals surface area contributed by atoms with E-state index in [0.29, 0.717) is 6.54 Å². The number of hydrogen-bond donors (Lipinski definition) is 1. The molecule has 0 saturated carbocycles. The van der Waals surface area contributed by atoms with Crippen LogP contribution in [0.4, 0.5) is 0 Å². The third-order valence-corrected chi connectivity index (χ3v) is 3.42. The maximum atomic E-state index is 5.46. The van der Waals surface area contributed by atoms with Gasteiger partial charge in [-0.2, -0.15) is 0 Å². The molecule has 1 aromatic heterocycles. The highest BCUT2D eigenvalue weighted by Gasteiger charge is 2.22. The summed E-state index contributed by atoms with van der Waals surface area (Å²) in [5, 5.41) is 10.1. The third-order valence-electron chi connectivity index (χ3n) is 2.10. The molecule has 0 saturated heterocycles. The van der Waals surface area contributed by atoms with Crippen molar-refractivity contribution >= 4 is 11.3 Å². The fourth-order valence-electron chi connectivity index (χ4n) is 0.761. The Bertz CT molecular complexity index is 255. The average Bonchev–Trinajstić information content (AvgIpc) is 2.52. The first-order valence-electron chi connectivity index (χ1n) is 4.13. The van der Waals surface area contributed by atoms with Gasteiger partial charge in [0.05, 0.1) is 0 Å². The van der Waals surface area contributed by atoms with Gasteiger partial charge in [-0.3, -0.25) is 0 Å². The molecule has 3 nitrogen and oxygen atoms in total. The maximum Gasteiger partial charge on any atom is 0.131 e. The maximum absolute atomic E-state index is 5.46. The zero-order chi connectivity index (χ0) is 9.19. The molecule has 1 heterocycles. The SMILES string of the molecule is CCC(C)(C)c1nnc(CN)s1. The van der Waals surface area contributed by atoms with E-state index in [0.717, 1.165) is 16.4 Å². The Balaban J connectivity index is 2.88. The Morgan fingerprint density at radius 2 is 2.08 bits per heavy atom. The number of hydrogen-bond acceptors (Lipinski definition) is 4. The highest BCUT2D eigenvalue weighted by molar-refractivity contribution is 7.11. The molecule has 1 rings (SSSR count). The molecule has 0 radical (unpaired) electrons. The van der Waals surface area contributed by atoms with E-state index in [1.807, 2.05) is 0 Å². The number of nitrogens with zero attached hydrogens (tertiary/aromatic N) is 2. The van der Waals surface area contributed by atoms with Crippen molar-refractivity contribution in [2.24, 2.45) is 5.73 Å². The molecule has 0 aromatic carbocycles. The Hall–Kier alpha value is -0.480. The molecule has 0 fully saturated rings. The van der Waals surface area contributed by atoms with Gasteiger partial charge < -0.3 is 5.73 Å². The van der Waals surface area contributed by atoms with Gasteiger partial charge in [0, 0.05) is 12.0 Å². The fourth-order valence-corrected chi connectivity index (χ4v) is 1.65. The summed E-state index contributed by atoms with van der Waals surface area (Å²) in [6.07, 6.45) is 1.08. The first-order chi connectivity index (χ1) is 5.60. The summed E-state index contributed by atoms with van der Waals surface area (Å²) in [7, 11) is 0. The lowest BCUT2D eigenvalue weighted by Gasteiger charge is -2.17. The Kier molecular flexibility index (Phi) is 2.80. The Morgan fingerprint density at radius 1 is 1.42 bits per heavy atom. The molecule has 0 spiro atoms. The molecule has 1 aromatic rings. The predicted octanol–water partition coefficient (Wildman–Crippen LogP) is 1.68. The van der Waals surface area contributed by atoms with E-state index in [9.17, 15) is 0 Å².